The van der Waals surface area contributed by atoms with Crippen molar-refractivity contribution in [3.63, 3.8) is 0 Å². The van der Waals surface area contributed by atoms with Gasteiger partial charge in [-0.15, -0.1) is 0 Å². The number of amides is 1. The molecule has 0 radical (unpaired) electrons. The molecule has 0 saturated carbocycles. The molecule has 0 spiro atoms. The zero-order chi connectivity index (χ0) is 16.1. The lowest BCUT2D eigenvalue weighted by atomic mass is 10.2. The van der Waals surface area contributed by atoms with Crippen LogP contribution >= 0.6 is 0 Å². The van der Waals surface area contributed by atoms with Crippen molar-refractivity contribution in [2.75, 3.05) is 19.0 Å². The van der Waals surface area contributed by atoms with Gasteiger partial charge < -0.3 is 14.8 Å². The Morgan fingerprint density at radius 3 is 2.23 bits per heavy atom. The van der Waals surface area contributed by atoms with E-state index >= 15 is 0 Å². The number of benzene rings is 1. The van der Waals surface area contributed by atoms with Crippen molar-refractivity contribution in [1.29, 1.82) is 0 Å². The first-order valence-corrected chi connectivity index (χ1v) is 6.88. The summed E-state index contributed by atoms with van der Waals surface area (Å²) in [6.07, 6.45) is 0. The predicted octanol–water partition coefficient (Wildman–Crippen LogP) is 2.43. The molecule has 1 amide bonds. The van der Waals surface area contributed by atoms with Crippen LogP contribution in [-0.4, -0.2) is 29.6 Å². The highest BCUT2D eigenvalue weighted by Gasteiger charge is 2.12. The lowest BCUT2D eigenvalue weighted by molar-refractivity contribution is -0.118. The van der Waals surface area contributed by atoms with Gasteiger partial charge >= 0.3 is 6.01 Å². The lowest BCUT2D eigenvalue weighted by Gasteiger charge is -2.12. The first-order valence-electron chi connectivity index (χ1n) is 6.88. The minimum atomic E-state index is -0.263. The molecule has 2 aromatic rings. The summed E-state index contributed by atoms with van der Waals surface area (Å²) in [5, 5.41) is 2.77. The molecule has 1 heterocycles. The molecule has 0 saturated heterocycles. The largest absolute Gasteiger partial charge is 0.484 e. The molecule has 1 aromatic carbocycles. The summed E-state index contributed by atoms with van der Waals surface area (Å²) in [5.41, 5.74) is 3.01. The molecule has 0 fully saturated rings. The van der Waals surface area contributed by atoms with Crippen LogP contribution in [-0.2, 0) is 4.79 Å². The van der Waals surface area contributed by atoms with Crippen molar-refractivity contribution in [3.05, 3.63) is 41.2 Å². The van der Waals surface area contributed by atoms with Crippen LogP contribution in [0.4, 0.5) is 5.69 Å². The van der Waals surface area contributed by atoms with Gasteiger partial charge in [-0.05, 0) is 32.9 Å². The standard InChI is InChI=1S/C16H19N3O3/c1-10-5-7-13(8-6-10)22-9-14(20)19-15-11(2)17-16(21-4)18-12(15)3/h5-8H,9H2,1-4H3,(H,19,20). The Morgan fingerprint density at radius 2 is 1.68 bits per heavy atom. The van der Waals surface area contributed by atoms with Gasteiger partial charge in [-0.3, -0.25) is 4.79 Å². The van der Waals surface area contributed by atoms with E-state index in [9.17, 15) is 4.79 Å². The number of ether oxygens (including phenoxy) is 2. The number of methoxy groups -OCH3 is 1. The molecule has 0 aliphatic carbocycles. The summed E-state index contributed by atoms with van der Waals surface area (Å²) in [4.78, 5) is 20.3. The van der Waals surface area contributed by atoms with Crippen molar-refractivity contribution < 1.29 is 14.3 Å². The molecular weight excluding hydrogens is 282 g/mol. The average molecular weight is 301 g/mol. The van der Waals surface area contributed by atoms with Gasteiger partial charge in [0, 0.05) is 0 Å². The van der Waals surface area contributed by atoms with Gasteiger partial charge in [0.15, 0.2) is 6.61 Å². The van der Waals surface area contributed by atoms with Crippen molar-refractivity contribution >= 4 is 11.6 Å². The van der Waals surface area contributed by atoms with Gasteiger partial charge in [0.1, 0.15) is 5.75 Å². The third kappa shape index (κ3) is 3.94. The second-order valence-electron chi connectivity index (χ2n) is 4.91. The van der Waals surface area contributed by atoms with Crippen LogP contribution in [0.3, 0.4) is 0 Å². The van der Waals surface area contributed by atoms with E-state index in [2.05, 4.69) is 15.3 Å². The van der Waals surface area contributed by atoms with Gasteiger partial charge in [0.25, 0.3) is 5.91 Å². The van der Waals surface area contributed by atoms with Crippen molar-refractivity contribution in [1.82, 2.24) is 9.97 Å². The summed E-state index contributed by atoms with van der Waals surface area (Å²) in [6.45, 7) is 5.49. The average Bonchev–Trinajstić information content (AvgIpc) is 2.50. The molecule has 116 valence electrons. The Labute approximate surface area is 129 Å². The van der Waals surface area contributed by atoms with Gasteiger partial charge in [-0.2, -0.15) is 9.97 Å². The molecule has 0 bridgehead atoms. The van der Waals surface area contributed by atoms with Gasteiger partial charge in [0.05, 0.1) is 24.2 Å². The maximum atomic E-state index is 12.0. The minimum absolute atomic E-state index is 0.0754. The van der Waals surface area contributed by atoms with Gasteiger partial charge in [0.2, 0.25) is 0 Å². The van der Waals surface area contributed by atoms with E-state index in [1.807, 2.05) is 31.2 Å². The van der Waals surface area contributed by atoms with Crippen molar-refractivity contribution in [2.45, 2.75) is 20.8 Å². The summed E-state index contributed by atoms with van der Waals surface area (Å²) < 4.78 is 10.4. The van der Waals surface area contributed by atoms with Crippen LogP contribution in [0, 0.1) is 20.8 Å². The third-order valence-electron chi connectivity index (χ3n) is 3.09. The van der Waals surface area contributed by atoms with E-state index in [0.717, 1.165) is 5.56 Å². The number of hydrogen-bond acceptors (Lipinski definition) is 5. The number of aryl methyl sites for hydroxylation is 3. The van der Waals surface area contributed by atoms with E-state index in [0.29, 0.717) is 22.8 Å². The second-order valence-corrected chi connectivity index (χ2v) is 4.91. The summed E-state index contributed by atoms with van der Waals surface area (Å²) >= 11 is 0. The highest BCUT2D eigenvalue weighted by molar-refractivity contribution is 5.92. The molecule has 6 nitrogen and oxygen atoms in total. The van der Waals surface area contributed by atoms with E-state index in [1.54, 1.807) is 13.8 Å². The zero-order valence-corrected chi connectivity index (χ0v) is 13.1. The molecule has 1 N–H and O–H groups in total. The van der Waals surface area contributed by atoms with E-state index in [4.69, 9.17) is 9.47 Å². The zero-order valence-electron chi connectivity index (χ0n) is 13.1. The molecular formula is C16H19N3O3. The molecule has 1 aromatic heterocycles. The van der Waals surface area contributed by atoms with E-state index in [1.165, 1.54) is 7.11 Å². The Balaban J connectivity index is 1.99. The Hall–Kier alpha value is -2.63. The summed E-state index contributed by atoms with van der Waals surface area (Å²) in [6, 6.07) is 7.80. The van der Waals surface area contributed by atoms with Crippen LogP contribution in [0.15, 0.2) is 24.3 Å². The number of rotatable bonds is 5. The fourth-order valence-electron chi connectivity index (χ4n) is 1.92. The number of anilines is 1. The van der Waals surface area contributed by atoms with E-state index < -0.39 is 0 Å². The topological polar surface area (TPSA) is 73.3 Å². The summed E-state index contributed by atoms with van der Waals surface area (Å²) in [5.74, 6) is 0.390. The minimum Gasteiger partial charge on any atom is -0.484 e. The van der Waals surface area contributed by atoms with Crippen LogP contribution in [0.25, 0.3) is 0 Å². The number of carbonyl (C=O) groups is 1. The number of nitrogens with zero attached hydrogens (tertiary/aromatic N) is 2. The fourth-order valence-corrected chi connectivity index (χ4v) is 1.92. The first-order chi connectivity index (χ1) is 10.5. The quantitative estimate of drug-likeness (QED) is 0.918. The maximum Gasteiger partial charge on any atom is 0.316 e. The summed E-state index contributed by atoms with van der Waals surface area (Å²) in [7, 11) is 1.50. The molecule has 6 heteroatoms. The normalized spacial score (nSPS) is 10.2. The Kier molecular flexibility index (Phi) is 4.93. The van der Waals surface area contributed by atoms with Crippen molar-refractivity contribution in [3.8, 4) is 11.8 Å². The first kappa shape index (κ1) is 15.8. The van der Waals surface area contributed by atoms with Gasteiger partial charge in [-0.1, -0.05) is 17.7 Å². The highest BCUT2D eigenvalue weighted by atomic mass is 16.5. The van der Waals surface area contributed by atoms with Crippen LogP contribution < -0.4 is 14.8 Å². The fraction of sp³-hybridized carbons (Fsp3) is 0.312. The lowest BCUT2D eigenvalue weighted by Crippen LogP contribution is -2.22. The predicted molar refractivity (Wildman–Crippen MR) is 83.4 cm³/mol. The van der Waals surface area contributed by atoms with Crippen LogP contribution in [0.5, 0.6) is 11.8 Å². The highest BCUT2D eigenvalue weighted by Crippen LogP contribution is 2.19. The smallest absolute Gasteiger partial charge is 0.316 e. The number of aromatic nitrogens is 2. The molecule has 0 aliphatic heterocycles. The van der Waals surface area contributed by atoms with Crippen molar-refractivity contribution in [2.24, 2.45) is 0 Å². The number of hydrogen-bond donors (Lipinski definition) is 1. The van der Waals surface area contributed by atoms with E-state index in [-0.39, 0.29) is 18.5 Å². The molecule has 22 heavy (non-hydrogen) atoms. The Morgan fingerprint density at radius 1 is 1.09 bits per heavy atom. The van der Waals surface area contributed by atoms with Crippen LogP contribution in [0.1, 0.15) is 17.0 Å². The maximum absolute atomic E-state index is 12.0. The molecule has 0 atom stereocenters. The number of nitrogens with one attached hydrogen (secondary N) is 1. The number of carbonyl (C=O) groups excluding carboxylic acids is 1. The third-order valence-corrected chi connectivity index (χ3v) is 3.09. The monoisotopic (exact) mass is 301 g/mol. The molecule has 0 aliphatic rings. The van der Waals surface area contributed by atoms with Gasteiger partial charge in [-0.25, -0.2) is 0 Å². The molecule has 0 unspecified atom stereocenters. The molecule has 2 rings (SSSR count). The second kappa shape index (κ2) is 6.89. The van der Waals surface area contributed by atoms with Crippen LogP contribution in [0.2, 0.25) is 0 Å². The Bertz CT molecular complexity index is 646. The SMILES string of the molecule is COc1nc(C)c(NC(=O)COc2ccc(C)cc2)c(C)n1.